The molecule has 2 amide bonds. The van der Waals surface area contributed by atoms with Crippen molar-refractivity contribution in [3.63, 3.8) is 0 Å². The van der Waals surface area contributed by atoms with Crippen LogP contribution in [0, 0.1) is 6.92 Å². The maximum Gasteiger partial charge on any atom is 0.293 e. The molecule has 0 bridgehead atoms. The highest BCUT2D eigenvalue weighted by molar-refractivity contribution is 6.10. The number of aryl methyl sites for hydroxylation is 1. The molecule has 29 heavy (non-hydrogen) atoms. The Balaban J connectivity index is 1.68. The van der Waals surface area contributed by atoms with E-state index < -0.39 is 11.8 Å². The number of carbonyl (C=O) groups excluding carboxylic acids is 2. The van der Waals surface area contributed by atoms with Crippen molar-refractivity contribution < 1.29 is 18.8 Å². The van der Waals surface area contributed by atoms with Gasteiger partial charge in [0.25, 0.3) is 11.8 Å². The zero-order valence-electron chi connectivity index (χ0n) is 15.7. The molecule has 0 aliphatic heterocycles. The van der Waals surface area contributed by atoms with Crippen LogP contribution < -0.4 is 15.4 Å². The molecule has 0 atom stereocenters. The summed E-state index contributed by atoms with van der Waals surface area (Å²) in [6, 6.07) is 13.8. The van der Waals surface area contributed by atoms with Crippen molar-refractivity contribution in [3.05, 3.63) is 72.0 Å². The number of imidazole rings is 1. The molecular weight excluding hydrogens is 374 g/mol. The number of ether oxygens (including phenoxy) is 1. The van der Waals surface area contributed by atoms with E-state index in [2.05, 4.69) is 20.8 Å². The summed E-state index contributed by atoms with van der Waals surface area (Å²) >= 11 is 0. The van der Waals surface area contributed by atoms with Crippen molar-refractivity contribution in [2.24, 2.45) is 0 Å². The zero-order chi connectivity index (χ0) is 20.4. The first kappa shape index (κ1) is 18.2. The highest BCUT2D eigenvalue weighted by Crippen LogP contribution is 2.24. The van der Waals surface area contributed by atoms with E-state index in [9.17, 15) is 9.59 Å². The number of methoxy groups -OCH3 is 1. The first-order valence-electron chi connectivity index (χ1n) is 8.73. The summed E-state index contributed by atoms with van der Waals surface area (Å²) in [7, 11) is 1.52. The van der Waals surface area contributed by atoms with E-state index in [-0.39, 0.29) is 17.3 Å². The number of rotatable bonds is 5. The Bertz CT molecular complexity index is 1210. The molecule has 0 unspecified atom stereocenters. The van der Waals surface area contributed by atoms with E-state index >= 15 is 0 Å². The third-order valence-corrected chi connectivity index (χ3v) is 4.19. The van der Waals surface area contributed by atoms with Crippen LogP contribution in [0.4, 0.5) is 11.5 Å². The topological polar surface area (TPSA) is 111 Å². The van der Waals surface area contributed by atoms with Crippen LogP contribution >= 0.6 is 0 Å². The Hall–Kier alpha value is -4.14. The number of amides is 2. The number of aromatic nitrogens is 3. The summed E-state index contributed by atoms with van der Waals surface area (Å²) in [5.74, 6) is 0.408. The average molecular weight is 391 g/mol. The van der Waals surface area contributed by atoms with Gasteiger partial charge in [-0.15, -0.1) is 0 Å². The largest absolute Gasteiger partial charge is 0.495 e. The molecule has 0 radical (unpaired) electrons. The van der Waals surface area contributed by atoms with Crippen molar-refractivity contribution in [2.75, 3.05) is 17.7 Å². The predicted octanol–water partition coefficient (Wildman–Crippen LogP) is 3.14. The number of hydrogen-bond acceptors (Lipinski definition) is 6. The summed E-state index contributed by atoms with van der Waals surface area (Å²) in [5.41, 5.74) is 1.10. The zero-order valence-corrected chi connectivity index (χ0v) is 15.7. The molecule has 2 N–H and O–H groups in total. The second-order valence-electron chi connectivity index (χ2n) is 6.17. The lowest BCUT2D eigenvalue weighted by atomic mass is 10.2. The molecule has 0 saturated carbocycles. The van der Waals surface area contributed by atoms with E-state index in [1.165, 1.54) is 7.11 Å². The normalized spacial score (nSPS) is 10.7. The first-order chi connectivity index (χ1) is 14.1. The number of hydrogen-bond donors (Lipinski definition) is 2. The Kier molecular flexibility index (Phi) is 4.70. The molecule has 0 saturated heterocycles. The highest BCUT2D eigenvalue weighted by Gasteiger charge is 2.22. The molecule has 4 rings (SSSR count). The molecule has 3 heterocycles. The van der Waals surface area contributed by atoms with Crippen LogP contribution in [0.15, 0.2) is 59.3 Å². The molecule has 146 valence electrons. The van der Waals surface area contributed by atoms with Gasteiger partial charge in [0.1, 0.15) is 11.5 Å². The minimum absolute atomic E-state index is 0.0476. The lowest BCUT2D eigenvalue weighted by molar-refractivity contribution is 0.101. The van der Waals surface area contributed by atoms with Crippen LogP contribution in [0.5, 0.6) is 5.75 Å². The first-order valence-corrected chi connectivity index (χ1v) is 8.73. The van der Waals surface area contributed by atoms with Crippen LogP contribution in [0.2, 0.25) is 0 Å². The predicted molar refractivity (Wildman–Crippen MR) is 105 cm³/mol. The van der Waals surface area contributed by atoms with Gasteiger partial charge in [-0.25, -0.2) is 4.98 Å². The van der Waals surface area contributed by atoms with Gasteiger partial charge >= 0.3 is 0 Å². The number of fused-ring (bicyclic) bond motifs is 1. The van der Waals surface area contributed by atoms with Gasteiger partial charge in [-0.3, -0.25) is 14.0 Å². The maximum atomic E-state index is 12.9. The average Bonchev–Trinajstić information content (AvgIpc) is 3.32. The summed E-state index contributed by atoms with van der Waals surface area (Å²) in [6.45, 7) is 1.72. The van der Waals surface area contributed by atoms with Crippen molar-refractivity contribution >= 4 is 28.8 Å². The summed E-state index contributed by atoms with van der Waals surface area (Å²) in [5, 5.41) is 9.13. The van der Waals surface area contributed by atoms with Gasteiger partial charge < -0.3 is 19.9 Å². The second-order valence-corrected chi connectivity index (χ2v) is 6.17. The number of pyridine rings is 1. The molecule has 9 nitrogen and oxygen atoms in total. The van der Waals surface area contributed by atoms with Crippen molar-refractivity contribution in [1.29, 1.82) is 0 Å². The Labute approximate surface area is 165 Å². The van der Waals surface area contributed by atoms with Gasteiger partial charge in [0, 0.05) is 12.3 Å². The van der Waals surface area contributed by atoms with Gasteiger partial charge in [0.2, 0.25) is 5.82 Å². The molecular formula is C20H17N5O4. The molecule has 1 aromatic carbocycles. The van der Waals surface area contributed by atoms with E-state index in [0.29, 0.717) is 22.7 Å². The second kappa shape index (κ2) is 7.47. The minimum Gasteiger partial charge on any atom is -0.495 e. The number of anilines is 2. The van der Waals surface area contributed by atoms with Gasteiger partial charge in [0.05, 0.1) is 18.3 Å². The summed E-state index contributed by atoms with van der Waals surface area (Å²) in [4.78, 5) is 29.9. The van der Waals surface area contributed by atoms with Gasteiger partial charge in [-0.1, -0.05) is 23.4 Å². The molecule has 0 aliphatic carbocycles. The van der Waals surface area contributed by atoms with Crippen LogP contribution in [0.25, 0.3) is 5.52 Å². The monoisotopic (exact) mass is 391 g/mol. The highest BCUT2D eigenvalue weighted by atomic mass is 16.5. The fraction of sp³-hybridized carbons (Fsp3) is 0.100. The lowest BCUT2D eigenvalue weighted by Gasteiger charge is -2.08. The van der Waals surface area contributed by atoms with Crippen molar-refractivity contribution in [3.8, 4) is 5.75 Å². The quantitative estimate of drug-likeness (QED) is 0.541. The number of nitrogens with zero attached hydrogens (tertiary/aromatic N) is 3. The van der Waals surface area contributed by atoms with E-state index in [0.717, 1.165) is 0 Å². The van der Waals surface area contributed by atoms with E-state index in [1.807, 2.05) is 0 Å². The molecule has 0 fully saturated rings. The summed E-state index contributed by atoms with van der Waals surface area (Å²) in [6.07, 6.45) is 1.66. The number of benzene rings is 1. The van der Waals surface area contributed by atoms with Gasteiger partial charge in [0.15, 0.2) is 11.5 Å². The summed E-state index contributed by atoms with van der Waals surface area (Å²) < 4.78 is 11.8. The Morgan fingerprint density at radius 1 is 1.07 bits per heavy atom. The number of carbonyl (C=O) groups is 2. The van der Waals surface area contributed by atoms with Crippen LogP contribution in [0.1, 0.15) is 26.9 Å². The minimum atomic E-state index is -0.518. The van der Waals surface area contributed by atoms with Crippen molar-refractivity contribution in [1.82, 2.24) is 14.5 Å². The fourth-order valence-electron chi connectivity index (χ4n) is 2.89. The number of nitrogens with one attached hydrogen (secondary N) is 2. The number of para-hydroxylation sites is 2. The van der Waals surface area contributed by atoms with Gasteiger partial charge in [-0.2, -0.15) is 0 Å². The van der Waals surface area contributed by atoms with Crippen LogP contribution in [-0.2, 0) is 0 Å². The molecule has 0 spiro atoms. The Morgan fingerprint density at radius 2 is 1.86 bits per heavy atom. The fourth-order valence-corrected chi connectivity index (χ4v) is 2.89. The molecule has 9 heteroatoms. The third kappa shape index (κ3) is 3.53. The molecule has 4 aromatic rings. The maximum absolute atomic E-state index is 12.9. The van der Waals surface area contributed by atoms with E-state index in [4.69, 9.17) is 9.26 Å². The van der Waals surface area contributed by atoms with Gasteiger partial charge in [-0.05, 0) is 31.2 Å². The molecule has 0 aliphatic rings. The standard InChI is InChI=1S/C20H17N5O4/c1-12-11-16(24-29-12)22-20(27)18-23-17(14-8-5-6-10-25(14)18)19(26)21-13-7-3-4-9-15(13)28-2/h3-11H,1-2H3,(H,21,26)(H,22,24,27). The molecule has 3 aromatic heterocycles. The SMILES string of the molecule is COc1ccccc1NC(=O)c1nc(C(=O)Nc2cc(C)on2)n2ccccc12. The lowest BCUT2D eigenvalue weighted by Crippen LogP contribution is -2.16. The third-order valence-electron chi connectivity index (χ3n) is 4.19. The van der Waals surface area contributed by atoms with Crippen LogP contribution in [0.3, 0.4) is 0 Å². The smallest absolute Gasteiger partial charge is 0.293 e. The van der Waals surface area contributed by atoms with Crippen LogP contribution in [-0.4, -0.2) is 33.5 Å². The van der Waals surface area contributed by atoms with E-state index in [1.54, 1.807) is 66.1 Å². The Morgan fingerprint density at radius 3 is 2.62 bits per heavy atom. The van der Waals surface area contributed by atoms with Crippen molar-refractivity contribution in [2.45, 2.75) is 6.92 Å².